The maximum absolute atomic E-state index is 13.7. The molecule has 0 aliphatic heterocycles. The molecule has 3 nitrogen and oxygen atoms in total. The van der Waals surface area contributed by atoms with Gasteiger partial charge in [-0.25, -0.2) is 4.39 Å². The minimum absolute atomic E-state index is 0.138. The summed E-state index contributed by atoms with van der Waals surface area (Å²) in [6.07, 6.45) is 0.730. The predicted octanol–water partition coefficient (Wildman–Crippen LogP) is 3.34. The Morgan fingerprint density at radius 3 is 2.47 bits per heavy atom. The summed E-state index contributed by atoms with van der Waals surface area (Å²) in [5, 5.41) is 0. The molecule has 5 heteroatoms. The van der Waals surface area contributed by atoms with E-state index in [0.717, 1.165) is 12.0 Å². The first-order valence-electron chi connectivity index (χ1n) is 6.31. The molecule has 0 aliphatic rings. The fourth-order valence-corrected chi connectivity index (χ4v) is 2.51. The number of rotatable bonds is 5. The molecule has 0 fully saturated rings. The van der Waals surface area contributed by atoms with Crippen molar-refractivity contribution < 1.29 is 13.7 Å². The molecule has 0 aliphatic carbocycles. The van der Waals surface area contributed by atoms with E-state index in [1.54, 1.807) is 12.1 Å². The minimum atomic E-state index is -1.19. The minimum Gasteiger partial charge on any atom is -0.598 e. The van der Waals surface area contributed by atoms with Crippen LogP contribution in [-0.2, 0) is 11.4 Å². The lowest BCUT2D eigenvalue weighted by atomic mass is 10.1. The fourth-order valence-electron chi connectivity index (χ4n) is 1.59. The van der Waals surface area contributed by atoms with Crippen LogP contribution < -0.4 is 9.46 Å². The summed E-state index contributed by atoms with van der Waals surface area (Å²) in [5.41, 5.74) is 0.776. The van der Waals surface area contributed by atoms with Crippen molar-refractivity contribution >= 4 is 11.4 Å². The van der Waals surface area contributed by atoms with Gasteiger partial charge in [0.05, 0.1) is 13.2 Å². The number of halogens is 1. The molecular formula is C14H22FNO2S. The zero-order valence-electron chi connectivity index (χ0n) is 12.1. The van der Waals surface area contributed by atoms with Crippen molar-refractivity contribution in [2.24, 2.45) is 0 Å². The smallest absolute Gasteiger partial charge is 0.165 e. The Bertz CT molecular complexity index is 420. The molecule has 108 valence electrons. The second kappa shape index (κ2) is 6.59. The van der Waals surface area contributed by atoms with Crippen LogP contribution in [-0.4, -0.2) is 16.4 Å². The Morgan fingerprint density at radius 1 is 1.42 bits per heavy atom. The molecule has 0 bridgehead atoms. The molecule has 0 aromatic heterocycles. The molecule has 1 aromatic carbocycles. The molecule has 0 radical (unpaired) electrons. The summed E-state index contributed by atoms with van der Waals surface area (Å²) in [7, 11) is 1.43. The van der Waals surface area contributed by atoms with E-state index in [1.165, 1.54) is 13.2 Å². The van der Waals surface area contributed by atoms with Crippen LogP contribution >= 0.6 is 0 Å². The van der Waals surface area contributed by atoms with Crippen molar-refractivity contribution in [1.82, 2.24) is 4.72 Å². The normalized spacial score (nSPS) is 15.1. The molecule has 0 saturated heterocycles. The quantitative estimate of drug-likeness (QED) is 0.845. The molecule has 0 spiro atoms. The van der Waals surface area contributed by atoms with Gasteiger partial charge in [-0.3, -0.25) is 0 Å². The van der Waals surface area contributed by atoms with Crippen molar-refractivity contribution in [3.8, 4) is 5.75 Å². The van der Waals surface area contributed by atoms with E-state index < -0.39 is 17.2 Å². The number of methoxy groups -OCH3 is 1. The Hall–Kier alpha value is -0.780. The number of benzene rings is 1. The van der Waals surface area contributed by atoms with E-state index in [-0.39, 0.29) is 16.5 Å². The van der Waals surface area contributed by atoms with Crippen LogP contribution in [0.25, 0.3) is 0 Å². The Labute approximate surface area is 117 Å². The highest BCUT2D eigenvalue weighted by atomic mass is 32.2. The van der Waals surface area contributed by atoms with Crippen LogP contribution in [0.1, 0.15) is 45.7 Å². The van der Waals surface area contributed by atoms with Crippen LogP contribution in [0.2, 0.25) is 0 Å². The Morgan fingerprint density at radius 2 is 2.05 bits per heavy atom. The summed E-state index contributed by atoms with van der Waals surface area (Å²) in [4.78, 5) is 0. The van der Waals surface area contributed by atoms with Gasteiger partial charge in [-0.1, -0.05) is 13.0 Å². The van der Waals surface area contributed by atoms with E-state index >= 15 is 0 Å². The van der Waals surface area contributed by atoms with Crippen LogP contribution in [0, 0.1) is 5.82 Å². The first-order chi connectivity index (χ1) is 8.79. The highest BCUT2D eigenvalue weighted by Crippen LogP contribution is 2.26. The summed E-state index contributed by atoms with van der Waals surface area (Å²) in [6, 6.07) is 4.68. The SMILES string of the molecule is CC[C@@H](N[S+]([O-])C(C)(C)C)c1ccc(OC)c(F)c1. The second-order valence-electron chi connectivity index (χ2n) is 5.35. The highest BCUT2D eigenvalue weighted by molar-refractivity contribution is 7.90. The molecule has 1 aromatic rings. The number of hydrogen-bond donors (Lipinski definition) is 1. The lowest BCUT2D eigenvalue weighted by Gasteiger charge is -2.27. The molecule has 0 saturated carbocycles. The van der Waals surface area contributed by atoms with Gasteiger partial charge in [-0.15, -0.1) is 4.72 Å². The van der Waals surface area contributed by atoms with Gasteiger partial charge in [-0.05, 0) is 44.9 Å². The molecular weight excluding hydrogens is 265 g/mol. The van der Waals surface area contributed by atoms with Gasteiger partial charge in [0, 0.05) is 11.4 Å². The maximum Gasteiger partial charge on any atom is 0.165 e. The van der Waals surface area contributed by atoms with E-state index in [4.69, 9.17) is 4.74 Å². The van der Waals surface area contributed by atoms with E-state index in [9.17, 15) is 8.94 Å². The van der Waals surface area contributed by atoms with Gasteiger partial charge in [0.1, 0.15) is 4.75 Å². The van der Waals surface area contributed by atoms with Gasteiger partial charge >= 0.3 is 0 Å². The molecule has 1 rings (SSSR count). The summed E-state index contributed by atoms with van der Waals surface area (Å²) < 4.78 is 33.4. The van der Waals surface area contributed by atoms with Gasteiger partial charge in [0.2, 0.25) is 0 Å². The van der Waals surface area contributed by atoms with Crippen molar-refractivity contribution in [3.05, 3.63) is 29.6 Å². The zero-order valence-corrected chi connectivity index (χ0v) is 12.9. The average Bonchev–Trinajstić information content (AvgIpc) is 2.34. The van der Waals surface area contributed by atoms with Gasteiger partial charge in [0.15, 0.2) is 11.6 Å². The Kier molecular flexibility index (Phi) is 5.64. The molecule has 1 unspecified atom stereocenters. The maximum atomic E-state index is 13.7. The molecule has 1 N–H and O–H groups in total. The first-order valence-corrected chi connectivity index (χ1v) is 7.46. The predicted molar refractivity (Wildman–Crippen MR) is 77.0 cm³/mol. The van der Waals surface area contributed by atoms with Crippen molar-refractivity contribution in [2.45, 2.75) is 44.9 Å². The van der Waals surface area contributed by atoms with Gasteiger partial charge < -0.3 is 9.29 Å². The highest BCUT2D eigenvalue weighted by Gasteiger charge is 2.29. The number of nitrogens with one attached hydrogen (secondary N) is 1. The largest absolute Gasteiger partial charge is 0.598 e. The molecule has 0 heterocycles. The Balaban J connectivity index is 2.89. The standard InChI is InChI=1S/C14H22FNO2S/c1-6-12(16-19(17)14(2,3)4)10-7-8-13(18-5)11(15)9-10/h7-9,12,16H,6H2,1-5H3/t12-,19?/m1/s1. The lowest BCUT2D eigenvalue weighted by Crippen LogP contribution is -2.41. The topological polar surface area (TPSA) is 44.3 Å². The summed E-state index contributed by atoms with van der Waals surface area (Å²) in [6.45, 7) is 7.67. The van der Waals surface area contributed by atoms with Crippen LogP contribution in [0.15, 0.2) is 18.2 Å². The average molecular weight is 287 g/mol. The zero-order chi connectivity index (χ0) is 14.6. The second-order valence-corrected chi connectivity index (χ2v) is 7.35. The van der Waals surface area contributed by atoms with E-state index in [0.29, 0.717) is 0 Å². The third-order valence-corrected chi connectivity index (χ3v) is 4.40. The van der Waals surface area contributed by atoms with Gasteiger partial charge in [0.25, 0.3) is 0 Å². The lowest BCUT2D eigenvalue weighted by molar-refractivity contribution is 0.385. The molecule has 0 amide bonds. The van der Waals surface area contributed by atoms with Crippen molar-refractivity contribution in [3.63, 3.8) is 0 Å². The molecule has 19 heavy (non-hydrogen) atoms. The molecule has 2 atom stereocenters. The van der Waals surface area contributed by atoms with Crippen molar-refractivity contribution in [1.29, 1.82) is 0 Å². The van der Waals surface area contributed by atoms with Crippen molar-refractivity contribution in [2.75, 3.05) is 7.11 Å². The third-order valence-electron chi connectivity index (χ3n) is 2.79. The van der Waals surface area contributed by atoms with Crippen LogP contribution in [0.5, 0.6) is 5.75 Å². The summed E-state index contributed by atoms with van der Waals surface area (Å²) >= 11 is -1.19. The number of ether oxygens (including phenoxy) is 1. The van der Waals surface area contributed by atoms with Crippen LogP contribution in [0.3, 0.4) is 0 Å². The van der Waals surface area contributed by atoms with E-state index in [2.05, 4.69) is 4.72 Å². The van der Waals surface area contributed by atoms with E-state index in [1.807, 2.05) is 27.7 Å². The summed E-state index contributed by atoms with van der Waals surface area (Å²) in [5.74, 6) is -0.183. The van der Waals surface area contributed by atoms with Gasteiger partial charge in [-0.2, -0.15) is 0 Å². The third kappa shape index (κ3) is 4.37. The monoisotopic (exact) mass is 287 g/mol. The van der Waals surface area contributed by atoms with Crippen LogP contribution in [0.4, 0.5) is 4.39 Å². The first kappa shape index (κ1) is 16.3. The fraction of sp³-hybridized carbons (Fsp3) is 0.571. The number of hydrogen-bond acceptors (Lipinski definition) is 3.